The van der Waals surface area contributed by atoms with Crippen LogP contribution in [0.15, 0.2) is 36.4 Å². The summed E-state index contributed by atoms with van der Waals surface area (Å²) in [5.74, 6) is -1.58. The zero-order chi connectivity index (χ0) is 12.1. The molecule has 0 bridgehead atoms. The molecule has 0 fully saturated rings. The Balaban J connectivity index is 2.59. The minimum atomic E-state index is -1.01. The van der Waals surface area contributed by atoms with Crippen molar-refractivity contribution in [3.05, 3.63) is 42.0 Å². The normalized spacial score (nSPS) is 9.31. The van der Waals surface area contributed by atoms with Crippen LogP contribution >= 0.6 is 0 Å². The van der Waals surface area contributed by atoms with Crippen molar-refractivity contribution in [2.24, 2.45) is 0 Å². The van der Waals surface area contributed by atoms with Crippen molar-refractivity contribution in [2.45, 2.75) is 6.92 Å². The van der Waals surface area contributed by atoms with Crippen LogP contribution in [-0.2, 0) is 9.63 Å². The van der Waals surface area contributed by atoms with Gasteiger partial charge in [-0.2, -0.15) is 0 Å². The molecule has 0 spiro atoms. The summed E-state index contributed by atoms with van der Waals surface area (Å²) in [6, 6.07) is 5.79. The van der Waals surface area contributed by atoms with Crippen LogP contribution in [0.25, 0.3) is 0 Å². The smallest absolute Gasteiger partial charge is 0.357 e. The predicted octanol–water partition coefficient (Wildman–Crippen LogP) is 1.83. The standard InChI is InChI=1S/C11H11NO4/c1-7(2)11(15)16-12-9-5-3-8(4-6-9)10(13)14/h3-6,12H,1H2,2H3,(H,13,14). The van der Waals surface area contributed by atoms with E-state index in [0.29, 0.717) is 5.69 Å². The third-order valence-corrected chi connectivity index (χ3v) is 1.74. The Morgan fingerprint density at radius 2 is 1.88 bits per heavy atom. The molecule has 5 heteroatoms. The van der Waals surface area contributed by atoms with Gasteiger partial charge in [0.25, 0.3) is 0 Å². The van der Waals surface area contributed by atoms with Crippen LogP contribution < -0.4 is 5.48 Å². The van der Waals surface area contributed by atoms with Gasteiger partial charge in [-0.05, 0) is 31.2 Å². The van der Waals surface area contributed by atoms with E-state index >= 15 is 0 Å². The van der Waals surface area contributed by atoms with Gasteiger partial charge in [0.15, 0.2) is 0 Å². The van der Waals surface area contributed by atoms with Crippen molar-refractivity contribution in [2.75, 3.05) is 5.48 Å². The van der Waals surface area contributed by atoms with Gasteiger partial charge in [-0.25, -0.2) is 15.1 Å². The highest BCUT2D eigenvalue weighted by atomic mass is 16.7. The van der Waals surface area contributed by atoms with Gasteiger partial charge in [0.1, 0.15) is 0 Å². The van der Waals surface area contributed by atoms with Crippen molar-refractivity contribution in [3.63, 3.8) is 0 Å². The topological polar surface area (TPSA) is 75.6 Å². The Labute approximate surface area is 92.3 Å². The summed E-state index contributed by atoms with van der Waals surface area (Å²) < 4.78 is 0. The number of benzene rings is 1. The van der Waals surface area contributed by atoms with Crippen molar-refractivity contribution in [3.8, 4) is 0 Å². The molecule has 16 heavy (non-hydrogen) atoms. The van der Waals surface area contributed by atoms with Gasteiger partial charge in [0.05, 0.1) is 11.3 Å². The Bertz CT molecular complexity index is 422. The van der Waals surface area contributed by atoms with Crippen LogP contribution in [0.5, 0.6) is 0 Å². The number of carboxylic acid groups (broad SMARTS) is 1. The monoisotopic (exact) mass is 221 g/mol. The third-order valence-electron chi connectivity index (χ3n) is 1.74. The fourth-order valence-electron chi connectivity index (χ4n) is 0.873. The highest BCUT2D eigenvalue weighted by molar-refractivity contribution is 5.88. The molecule has 0 heterocycles. The lowest BCUT2D eigenvalue weighted by Crippen LogP contribution is -2.10. The van der Waals surface area contributed by atoms with Gasteiger partial charge in [0, 0.05) is 5.57 Å². The maximum atomic E-state index is 11.0. The number of rotatable bonds is 4. The van der Waals surface area contributed by atoms with E-state index in [-0.39, 0.29) is 11.1 Å². The fraction of sp³-hybridized carbons (Fsp3) is 0.0909. The molecule has 0 unspecified atom stereocenters. The number of nitrogens with one attached hydrogen (secondary N) is 1. The number of carboxylic acids is 1. The van der Waals surface area contributed by atoms with Crippen LogP contribution in [-0.4, -0.2) is 17.0 Å². The Kier molecular flexibility index (Phi) is 3.66. The quantitative estimate of drug-likeness (QED) is 0.599. The molecule has 2 N–H and O–H groups in total. The molecule has 0 radical (unpaired) electrons. The molecule has 0 aliphatic rings. The minimum absolute atomic E-state index is 0.164. The van der Waals surface area contributed by atoms with E-state index in [1.807, 2.05) is 0 Å². The Hall–Kier alpha value is -2.30. The molecule has 1 aromatic rings. The molecule has 0 aliphatic carbocycles. The van der Waals surface area contributed by atoms with Crippen LogP contribution in [0, 0.1) is 0 Å². The summed E-state index contributed by atoms with van der Waals surface area (Å²) in [5.41, 5.74) is 3.31. The lowest BCUT2D eigenvalue weighted by atomic mass is 10.2. The zero-order valence-electron chi connectivity index (χ0n) is 8.69. The maximum Gasteiger partial charge on any atom is 0.357 e. The van der Waals surface area contributed by atoms with Crippen LogP contribution in [0.3, 0.4) is 0 Å². The molecule has 1 aromatic carbocycles. The molecule has 84 valence electrons. The summed E-state index contributed by atoms with van der Waals surface area (Å²) in [5, 5.41) is 8.65. The number of hydrogen-bond donors (Lipinski definition) is 2. The second-order valence-electron chi connectivity index (χ2n) is 3.15. The lowest BCUT2D eigenvalue weighted by Gasteiger charge is -2.06. The second kappa shape index (κ2) is 4.97. The van der Waals surface area contributed by atoms with Crippen molar-refractivity contribution in [1.29, 1.82) is 0 Å². The van der Waals surface area contributed by atoms with E-state index in [0.717, 1.165) is 0 Å². The average Bonchev–Trinajstić information content (AvgIpc) is 2.26. The predicted molar refractivity (Wildman–Crippen MR) is 57.9 cm³/mol. The van der Waals surface area contributed by atoms with E-state index in [4.69, 9.17) is 5.11 Å². The van der Waals surface area contributed by atoms with Gasteiger partial charge >= 0.3 is 11.9 Å². The fourth-order valence-corrected chi connectivity index (χ4v) is 0.873. The van der Waals surface area contributed by atoms with Crippen LogP contribution in [0.1, 0.15) is 17.3 Å². The summed E-state index contributed by atoms with van der Waals surface area (Å²) in [7, 11) is 0. The van der Waals surface area contributed by atoms with E-state index in [9.17, 15) is 9.59 Å². The van der Waals surface area contributed by atoms with Gasteiger partial charge in [-0.15, -0.1) is 0 Å². The Morgan fingerprint density at radius 3 is 2.31 bits per heavy atom. The minimum Gasteiger partial charge on any atom is -0.478 e. The highest BCUT2D eigenvalue weighted by Crippen LogP contribution is 2.09. The lowest BCUT2D eigenvalue weighted by molar-refractivity contribution is -0.136. The van der Waals surface area contributed by atoms with E-state index in [1.165, 1.54) is 31.2 Å². The zero-order valence-corrected chi connectivity index (χ0v) is 8.69. The first-order chi connectivity index (χ1) is 7.50. The first-order valence-corrected chi connectivity index (χ1v) is 4.47. The van der Waals surface area contributed by atoms with Crippen molar-refractivity contribution >= 4 is 17.6 Å². The summed E-state index contributed by atoms with van der Waals surface area (Å²) in [4.78, 5) is 26.2. The van der Waals surface area contributed by atoms with Gasteiger partial charge < -0.3 is 9.94 Å². The maximum absolute atomic E-state index is 11.0. The number of anilines is 1. The highest BCUT2D eigenvalue weighted by Gasteiger charge is 2.04. The molecular formula is C11H11NO4. The molecule has 0 atom stereocenters. The SMILES string of the molecule is C=C(C)C(=O)ONc1ccc(C(=O)O)cc1. The molecule has 0 saturated heterocycles. The number of aromatic carboxylic acids is 1. The van der Waals surface area contributed by atoms with E-state index in [1.54, 1.807) is 0 Å². The summed E-state index contributed by atoms with van der Waals surface area (Å²) in [6.45, 7) is 4.94. The number of carbonyl (C=O) groups is 2. The van der Waals surface area contributed by atoms with Gasteiger partial charge in [-0.1, -0.05) is 6.58 Å². The third kappa shape index (κ3) is 3.13. The molecule has 5 nitrogen and oxygen atoms in total. The first kappa shape index (κ1) is 11.8. The molecule has 0 aliphatic heterocycles. The van der Waals surface area contributed by atoms with Crippen LogP contribution in [0.2, 0.25) is 0 Å². The van der Waals surface area contributed by atoms with Crippen molar-refractivity contribution in [1.82, 2.24) is 0 Å². The number of carbonyl (C=O) groups excluding carboxylic acids is 1. The van der Waals surface area contributed by atoms with Crippen molar-refractivity contribution < 1.29 is 19.5 Å². The largest absolute Gasteiger partial charge is 0.478 e. The van der Waals surface area contributed by atoms with E-state index < -0.39 is 11.9 Å². The molecule has 1 rings (SSSR count). The first-order valence-electron chi connectivity index (χ1n) is 4.47. The molecule has 0 saturated carbocycles. The molecule has 0 amide bonds. The second-order valence-corrected chi connectivity index (χ2v) is 3.15. The summed E-state index contributed by atoms with van der Waals surface area (Å²) >= 11 is 0. The molecular weight excluding hydrogens is 210 g/mol. The molecule has 0 aromatic heterocycles. The Morgan fingerprint density at radius 1 is 1.31 bits per heavy atom. The summed E-state index contributed by atoms with van der Waals surface area (Å²) in [6.07, 6.45) is 0. The average molecular weight is 221 g/mol. The van der Waals surface area contributed by atoms with E-state index in [2.05, 4.69) is 16.9 Å². The van der Waals surface area contributed by atoms with Gasteiger partial charge in [-0.3, -0.25) is 0 Å². The number of hydrogen-bond acceptors (Lipinski definition) is 4. The van der Waals surface area contributed by atoms with Crippen LogP contribution in [0.4, 0.5) is 5.69 Å². The van der Waals surface area contributed by atoms with Gasteiger partial charge in [0.2, 0.25) is 0 Å².